The van der Waals surface area contributed by atoms with Crippen molar-refractivity contribution in [1.29, 1.82) is 0 Å². The van der Waals surface area contributed by atoms with Crippen LogP contribution < -0.4 is 21.3 Å². The number of benzene rings is 2. The van der Waals surface area contributed by atoms with Crippen molar-refractivity contribution in [3.63, 3.8) is 0 Å². The van der Waals surface area contributed by atoms with Crippen LogP contribution in [0.2, 0.25) is 0 Å². The molecule has 0 saturated carbocycles. The van der Waals surface area contributed by atoms with Crippen LogP contribution in [-0.4, -0.2) is 104 Å². The minimum atomic E-state index is -1.03. The van der Waals surface area contributed by atoms with E-state index < -0.39 is 47.5 Å². The minimum Gasteiger partial charge on any atom is -0.379 e. The highest BCUT2D eigenvalue weighted by molar-refractivity contribution is 5.98. The van der Waals surface area contributed by atoms with Crippen LogP contribution in [0.3, 0.4) is 0 Å². The predicted molar refractivity (Wildman–Crippen MR) is 198 cm³/mol. The number of nitrogens with zero attached hydrogens (tertiary/aromatic N) is 1. The number of amides is 4. The number of carbonyl (C=O) groups is 5. The van der Waals surface area contributed by atoms with Crippen LogP contribution in [0.4, 0.5) is 0 Å². The second kappa shape index (κ2) is 19.6. The monoisotopic (exact) mass is 719 g/mol. The summed E-state index contributed by atoms with van der Waals surface area (Å²) in [6.07, 6.45) is 1.76. The molecule has 2 fully saturated rings. The Bertz CT molecular complexity index is 1480. The Morgan fingerprint density at radius 1 is 0.692 bits per heavy atom. The lowest BCUT2D eigenvalue weighted by atomic mass is 9.93. The minimum absolute atomic E-state index is 0.0171. The average molecular weight is 720 g/mol. The molecule has 12 heteroatoms. The van der Waals surface area contributed by atoms with Crippen LogP contribution >= 0.6 is 0 Å². The van der Waals surface area contributed by atoms with Crippen molar-refractivity contribution in [3.05, 3.63) is 71.8 Å². The average Bonchev–Trinajstić information content (AvgIpc) is 3.87. The Morgan fingerprint density at radius 2 is 1.19 bits per heavy atom. The number of rotatable bonds is 20. The van der Waals surface area contributed by atoms with E-state index in [1.54, 1.807) is 6.92 Å². The smallest absolute Gasteiger partial charge is 0.243 e. The van der Waals surface area contributed by atoms with E-state index in [9.17, 15) is 24.0 Å². The van der Waals surface area contributed by atoms with Crippen LogP contribution in [0.25, 0.3) is 0 Å². The largest absolute Gasteiger partial charge is 0.379 e. The van der Waals surface area contributed by atoms with E-state index in [0.29, 0.717) is 58.6 Å². The zero-order chi connectivity index (χ0) is 37.7. The van der Waals surface area contributed by atoms with Gasteiger partial charge in [-0.3, -0.25) is 28.9 Å². The standard InChI is InChI=1S/C40H57N5O7/c1-27(2)22-32(36(47)40(5)26-52-40)42-39(50)34(24-30-14-10-7-11-15-30)44-38(49)33(23-28(3)4)43-37(48)31(17-16-29-12-8-6-9-13-29)41-35(46)25-45-18-20-51-21-19-45/h6-15,27-28,31-34H,16-26H2,1-5H3,(H,41,46)(H,42,50)(H,43,48)(H,44,49)/t31-,32?,33?,34?,40?/m0/s1. The van der Waals surface area contributed by atoms with Crippen molar-refractivity contribution in [2.45, 2.75) is 96.5 Å². The van der Waals surface area contributed by atoms with E-state index >= 15 is 0 Å². The maximum atomic E-state index is 14.1. The SMILES string of the molecule is CC(C)CC(NC(=O)[C@H](CCc1ccccc1)NC(=O)CN1CCOCC1)C(=O)NC(Cc1ccccc1)C(=O)NC(CC(C)C)C(=O)C1(C)CO1. The van der Waals surface area contributed by atoms with E-state index in [0.717, 1.165) is 11.1 Å². The summed E-state index contributed by atoms with van der Waals surface area (Å²) in [7, 11) is 0. The Balaban J connectivity index is 1.51. The highest BCUT2D eigenvalue weighted by Gasteiger charge is 2.50. The Hall–Kier alpha value is -4.13. The van der Waals surface area contributed by atoms with E-state index in [1.165, 1.54) is 0 Å². The lowest BCUT2D eigenvalue weighted by molar-refractivity contribution is -0.135. The van der Waals surface area contributed by atoms with Crippen LogP contribution in [0.5, 0.6) is 0 Å². The summed E-state index contributed by atoms with van der Waals surface area (Å²) in [6.45, 7) is 12.3. The highest BCUT2D eigenvalue weighted by Crippen LogP contribution is 2.29. The van der Waals surface area contributed by atoms with Gasteiger partial charge in [0.25, 0.3) is 0 Å². The lowest BCUT2D eigenvalue weighted by Crippen LogP contribution is -2.59. The fourth-order valence-corrected chi connectivity index (χ4v) is 6.33. The molecule has 0 aliphatic carbocycles. The third kappa shape index (κ3) is 13.1. The molecule has 4 unspecified atom stereocenters. The molecule has 2 aromatic carbocycles. The number of carbonyl (C=O) groups excluding carboxylic acids is 5. The third-order valence-electron chi connectivity index (χ3n) is 9.38. The maximum absolute atomic E-state index is 14.1. The molecule has 5 atom stereocenters. The van der Waals surface area contributed by atoms with Crippen molar-refractivity contribution in [2.75, 3.05) is 39.5 Å². The summed E-state index contributed by atoms with van der Waals surface area (Å²) in [4.78, 5) is 70.5. The number of nitrogens with one attached hydrogen (secondary N) is 4. The number of ketones is 1. The van der Waals surface area contributed by atoms with Crippen LogP contribution in [0, 0.1) is 11.8 Å². The van der Waals surface area contributed by atoms with E-state index in [-0.39, 0.29) is 36.5 Å². The third-order valence-corrected chi connectivity index (χ3v) is 9.38. The number of epoxide rings is 1. The van der Waals surface area contributed by atoms with Gasteiger partial charge in [0.2, 0.25) is 23.6 Å². The van der Waals surface area contributed by atoms with Gasteiger partial charge in [-0.15, -0.1) is 0 Å². The van der Waals surface area contributed by atoms with Gasteiger partial charge in [-0.25, -0.2) is 0 Å². The van der Waals surface area contributed by atoms with Gasteiger partial charge < -0.3 is 30.7 Å². The van der Waals surface area contributed by atoms with Gasteiger partial charge in [-0.2, -0.15) is 0 Å². The van der Waals surface area contributed by atoms with Crippen molar-refractivity contribution in [2.24, 2.45) is 11.8 Å². The molecule has 2 saturated heterocycles. The number of Topliss-reactive ketones (excluding diaryl/α,β-unsaturated/α-hetero) is 1. The number of aryl methyl sites for hydroxylation is 1. The van der Waals surface area contributed by atoms with Crippen LogP contribution in [0.1, 0.15) is 65.0 Å². The summed E-state index contributed by atoms with van der Waals surface area (Å²) >= 11 is 0. The summed E-state index contributed by atoms with van der Waals surface area (Å²) in [5.74, 6) is -1.83. The first-order valence-corrected chi connectivity index (χ1v) is 18.6. The second-order valence-electron chi connectivity index (χ2n) is 15.0. The molecule has 0 bridgehead atoms. The quantitative estimate of drug-likeness (QED) is 0.152. The van der Waals surface area contributed by atoms with Crippen molar-refractivity contribution < 1.29 is 33.4 Å². The molecule has 284 valence electrons. The summed E-state index contributed by atoms with van der Waals surface area (Å²) in [5, 5.41) is 11.7. The van der Waals surface area contributed by atoms with Gasteiger partial charge in [0.1, 0.15) is 23.7 Å². The van der Waals surface area contributed by atoms with Gasteiger partial charge >= 0.3 is 0 Å². The second-order valence-corrected chi connectivity index (χ2v) is 15.0. The Kier molecular flexibility index (Phi) is 15.3. The fourth-order valence-electron chi connectivity index (χ4n) is 6.33. The molecule has 0 aromatic heterocycles. The number of ether oxygens (including phenoxy) is 2. The predicted octanol–water partition coefficient (Wildman–Crippen LogP) is 2.58. The number of hydrogen-bond acceptors (Lipinski definition) is 8. The number of hydrogen-bond donors (Lipinski definition) is 4. The molecule has 2 aromatic rings. The molecule has 0 radical (unpaired) electrons. The van der Waals surface area contributed by atoms with E-state index in [1.807, 2.05) is 93.3 Å². The molecule has 2 aliphatic heterocycles. The van der Waals surface area contributed by atoms with Gasteiger partial charge in [0.15, 0.2) is 5.78 Å². The summed E-state index contributed by atoms with van der Waals surface area (Å²) < 4.78 is 10.8. The van der Waals surface area contributed by atoms with Gasteiger partial charge in [-0.1, -0.05) is 88.4 Å². The maximum Gasteiger partial charge on any atom is 0.243 e. The summed E-state index contributed by atoms with van der Waals surface area (Å²) in [6, 6.07) is 15.3. The molecule has 12 nitrogen and oxygen atoms in total. The fraction of sp³-hybridized carbons (Fsp3) is 0.575. The summed E-state index contributed by atoms with van der Waals surface area (Å²) in [5.41, 5.74) is 0.915. The lowest BCUT2D eigenvalue weighted by Gasteiger charge is -2.29. The highest BCUT2D eigenvalue weighted by atomic mass is 16.6. The zero-order valence-electron chi connectivity index (χ0n) is 31.3. The first kappa shape index (κ1) is 40.6. The van der Waals surface area contributed by atoms with E-state index in [4.69, 9.17) is 9.47 Å². The Morgan fingerprint density at radius 3 is 1.77 bits per heavy atom. The molecule has 52 heavy (non-hydrogen) atoms. The normalized spacial score (nSPS) is 19.6. The molecule has 2 aliphatic rings. The van der Waals surface area contributed by atoms with Gasteiger partial charge in [0, 0.05) is 19.5 Å². The molecule has 2 heterocycles. The molecule has 4 N–H and O–H groups in total. The first-order valence-electron chi connectivity index (χ1n) is 18.6. The first-order chi connectivity index (χ1) is 24.8. The van der Waals surface area contributed by atoms with Crippen molar-refractivity contribution >= 4 is 29.4 Å². The Labute approximate surface area is 308 Å². The van der Waals surface area contributed by atoms with Crippen LogP contribution in [-0.2, 0) is 46.3 Å². The topological polar surface area (TPSA) is 158 Å². The van der Waals surface area contributed by atoms with Gasteiger partial charge in [-0.05, 0) is 55.6 Å². The number of morpholine rings is 1. The molecular weight excluding hydrogens is 662 g/mol. The molecule has 0 spiro atoms. The zero-order valence-corrected chi connectivity index (χ0v) is 31.3. The van der Waals surface area contributed by atoms with Crippen LogP contribution in [0.15, 0.2) is 60.7 Å². The molecule has 4 rings (SSSR count). The molecular formula is C40H57N5O7. The van der Waals surface area contributed by atoms with Crippen molar-refractivity contribution in [1.82, 2.24) is 26.2 Å². The van der Waals surface area contributed by atoms with Gasteiger partial charge in [0.05, 0.1) is 32.4 Å². The van der Waals surface area contributed by atoms with E-state index in [2.05, 4.69) is 21.3 Å². The molecule has 4 amide bonds. The van der Waals surface area contributed by atoms with Crippen molar-refractivity contribution in [3.8, 4) is 0 Å².